The number of nitrogens with one attached hydrogen (secondary N) is 1. The highest BCUT2D eigenvalue weighted by molar-refractivity contribution is 5.97. The van der Waals surface area contributed by atoms with E-state index in [9.17, 15) is 9.59 Å². The molecule has 0 unspecified atom stereocenters. The zero-order chi connectivity index (χ0) is 21.7. The highest BCUT2D eigenvalue weighted by atomic mass is 16.5. The Labute approximate surface area is 176 Å². The summed E-state index contributed by atoms with van der Waals surface area (Å²) >= 11 is 0. The van der Waals surface area contributed by atoms with Gasteiger partial charge in [0, 0.05) is 17.6 Å². The van der Waals surface area contributed by atoms with Crippen LogP contribution in [0.25, 0.3) is 5.69 Å². The average molecular weight is 405 g/mol. The first-order chi connectivity index (χ1) is 14.4. The maximum atomic E-state index is 12.6. The number of rotatable bonds is 7. The number of benzene rings is 2. The van der Waals surface area contributed by atoms with Crippen LogP contribution in [0.15, 0.2) is 60.8 Å². The van der Waals surface area contributed by atoms with Crippen LogP contribution in [0.4, 0.5) is 5.69 Å². The number of hydrogen-bond acceptors (Lipinski definition) is 4. The Bertz CT molecular complexity index is 1020. The van der Waals surface area contributed by atoms with Gasteiger partial charge in [-0.3, -0.25) is 4.79 Å². The summed E-state index contributed by atoms with van der Waals surface area (Å²) < 4.78 is 7.16. The Morgan fingerprint density at radius 1 is 1.07 bits per heavy atom. The molecule has 1 N–H and O–H groups in total. The molecule has 0 radical (unpaired) electrons. The molecule has 0 aliphatic heterocycles. The van der Waals surface area contributed by atoms with Crippen molar-refractivity contribution >= 4 is 17.6 Å². The molecule has 3 aromatic rings. The molecule has 1 heterocycles. The first kappa shape index (κ1) is 21.3. The van der Waals surface area contributed by atoms with Crippen LogP contribution in [-0.4, -0.2) is 27.8 Å². The molecule has 0 aliphatic carbocycles. The number of aryl methyl sites for hydroxylation is 1. The normalized spacial score (nSPS) is 12.8. The van der Waals surface area contributed by atoms with E-state index in [0.717, 1.165) is 29.1 Å². The van der Waals surface area contributed by atoms with Crippen molar-refractivity contribution in [2.45, 2.75) is 46.1 Å². The lowest BCUT2D eigenvalue weighted by molar-refractivity contribution is -0.123. The van der Waals surface area contributed by atoms with Gasteiger partial charge in [-0.15, -0.1) is 0 Å². The molecular weight excluding hydrogens is 378 g/mol. The lowest BCUT2D eigenvalue weighted by Gasteiger charge is -2.18. The van der Waals surface area contributed by atoms with E-state index >= 15 is 0 Å². The van der Waals surface area contributed by atoms with Gasteiger partial charge in [-0.25, -0.2) is 9.48 Å². The molecule has 0 aliphatic rings. The number of carbonyl (C=O) groups excluding carboxylic acids is 2. The van der Waals surface area contributed by atoms with Crippen LogP contribution in [0.5, 0.6) is 0 Å². The van der Waals surface area contributed by atoms with Gasteiger partial charge >= 0.3 is 5.97 Å². The van der Waals surface area contributed by atoms with Crippen molar-refractivity contribution in [1.82, 2.24) is 9.78 Å². The van der Waals surface area contributed by atoms with Crippen molar-refractivity contribution in [1.29, 1.82) is 0 Å². The minimum atomic E-state index is -0.921. The lowest BCUT2D eigenvalue weighted by atomic mass is 9.97. The van der Waals surface area contributed by atoms with E-state index in [1.54, 1.807) is 42.1 Å². The highest BCUT2D eigenvalue weighted by Crippen LogP contribution is 2.26. The summed E-state index contributed by atoms with van der Waals surface area (Å²) in [6, 6.07) is 16.5. The first-order valence-electron chi connectivity index (χ1n) is 10.1. The van der Waals surface area contributed by atoms with Gasteiger partial charge < -0.3 is 10.1 Å². The van der Waals surface area contributed by atoms with Crippen molar-refractivity contribution in [3.8, 4) is 5.69 Å². The summed E-state index contributed by atoms with van der Waals surface area (Å²) in [7, 11) is 0. The summed E-state index contributed by atoms with van der Waals surface area (Å²) in [6.07, 6.45) is 1.76. The van der Waals surface area contributed by atoms with E-state index in [1.807, 2.05) is 37.3 Å². The summed E-state index contributed by atoms with van der Waals surface area (Å²) in [5, 5.41) is 7.13. The topological polar surface area (TPSA) is 73.2 Å². The van der Waals surface area contributed by atoms with Crippen LogP contribution >= 0.6 is 0 Å². The molecule has 1 aromatic heterocycles. The van der Waals surface area contributed by atoms with Gasteiger partial charge in [0.05, 0.1) is 11.3 Å². The van der Waals surface area contributed by atoms with Crippen molar-refractivity contribution < 1.29 is 14.3 Å². The molecule has 30 heavy (non-hydrogen) atoms. The zero-order valence-corrected chi connectivity index (χ0v) is 17.8. The summed E-state index contributed by atoms with van der Waals surface area (Å²) in [5.41, 5.74) is 4.04. The van der Waals surface area contributed by atoms with Crippen molar-refractivity contribution in [3.05, 3.63) is 77.6 Å². The Balaban J connectivity index is 1.64. The van der Waals surface area contributed by atoms with Gasteiger partial charge in [0.25, 0.3) is 5.91 Å². The number of amides is 1. The SMILES string of the molecule is CC[C@@H](C)c1ccccc1NC(=O)[C@H](C)OC(=O)c1ccc(-n2nccc2C)cc1. The predicted octanol–water partition coefficient (Wildman–Crippen LogP) is 4.88. The zero-order valence-electron chi connectivity index (χ0n) is 17.8. The number of anilines is 1. The first-order valence-corrected chi connectivity index (χ1v) is 10.1. The molecule has 0 spiro atoms. The van der Waals surface area contributed by atoms with Crippen LogP contribution in [0, 0.1) is 6.92 Å². The van der Waals surface area contributed by atoms with Crippen molar-refractivity contribution in [3.63, 3.8) is 0 Å². The molecule has 6 heteroatoms. The van der Waals surface area contributed by atoms with Gasteiger partial charge in [0.15, 0.2) is 6.10 Å². The maximum absolute atomic E-state index is 12.6. The minimum absolute atomic E-state index is 0.316. The number of carbonyl (C=O) groups is 2. The monoisotopic (exact) mass is 405 g/mol. The number of nitrogens with zero attached hydrogens (tertiary/aromatic N) is 2. The average Bonchev–Trinajstić information content (AvgIpc) is 3.19. The van der Waals surface area contributed by atoms with Gasteiger partial charge in [-0.05, 0) is 68.1 Å². The maximum Gasteiger partial charge on any atom is 0.338 e. The number of ether oxygens (including phenoxy) is 1. The van der Waals surface area contributed by atoms with Crippen LogP contribution in [-0.2, 0) is 9.53 Å². The molecular formula is C24H27N3O3. The fraction of sp³-hybridized carbons (Fsp3) is 0.292. The smallest absolute Gasteiger partial charge is 0.338 e. The van der Waals surface area contributed by atoms with Crippen molar-refractivity contribution in [2.24, 2.45) is 0 Å². The van der Waals surface area contributed by atoms with E-state index in [2.05, 4.69) is 24.3 Å². The third-order valence-electron chi connectivity index (χ3n) is 5.19. The Hall–Kier alpha value is -3.41. The number of esters is 1. The molecule has 156 valence electrons. The molecule has 1 amide bonds. The Morgan fingerprint density at radius 3 is 2.40 bits per heavy atom. The van der Waals surface area contributed by atoms with E-state index in [1.165, 1.54) is 0 Å². The number of hydrogen-bond donors (Lipinski definition) is 1. The molecule has 6 nitrogen and oxygen atoms in total. The van der Waals surface area contributed by atoms with Gasteiger partial charge in [0.1, 0.15) is 0 Å². The Morgan fingerprint density at radius 2 is 1.77 bits per heavy atom. The number of para-hydroxylation sites is 1. The predicted molar refractivity (Wildman–Crippen MR) is 117 cm³/mol. The molecule has 2 atom stereocenters. The lowest BCUT2D eigenvalue weighted by Crippen LogP contribution is -2.30. The van der Waals surface area contributed by atoms with E-state index in [0.29, 0.717) is 11.5 Å². The molecule has 0 saturated heterocycles. The molecule has 0 bridgehead atoms. The second kappa shape index (κ2) is 9.39. The Kier molecular flexibility index (Phi) is 6.67. The molecule has 0 saturated carbocycles. The summed E-state index contributed by atoms with van der Waals surface area (Å²) in [6.45, 7) is 7.74. The van der Waals surface area contributed by atoms with E-state index in [4.69, 9.17) is 4.74 Å². The van der Waals surface area contributed by atoms with E-state index in [-0.39, 0.29) is 5.91 Å². The van der Waals surface area contributed by atoms with Crippen LogP contribution in [0.1, 0.15) is 54.7 Å². The molecule has 2 aromatic carbocycles. The quantitative estimate of drug-likeness (QED) is 0.569. The molecule has 0 fully saturated rings. The van der Waals surface area contributed by atoms with E-state index < -0.39 is 12.1 Å². The van der Waals surface area contributed by atoms with Crippen LogP contribution < -0.4 is 5.32 Å². The van der Waals surface area contributed by atoms with Crippen LogP contribution in [0.3, 0.4) is 0 Å². The van der Waals surface area contributed by atoms with Crippen LogP contribution in [0.2, 0.25) is 0 Å². The second-order valence-electron chi connectivity index (χ2n) is 7.36. The van der Waals surface area contributed by atoms with Gasteiger partial charge in [0.2, 0.25) is 0 Å². The third kappa shape index (κ3) is 4.76. The summed E-state index contributed by atoms with van der Waals surface area (Å²) in [5.74, 6) is -0.587. The minimum Gasteiger partial charge on any atom is -0.449 e. The standard InChI is InChI=1S/C24H27N3O3/c1-5-16(2)21-8-6-7-9-22(21)26-23(28)18(4)30-24(29)19-10-12-20(13-11-19)27-17(3)14-15-25-27/h6-16,18H,5H2,1-4H3,(H,26,28)/t16-,18+/m1/s1. The highest BCUT2D eigenvalue weighted by Gasteiger charge is 2.20. The second-order valence-corrected chi connectivity index (χ2v) is 7.36. The third-order valence-corrected chi connectivity index (χ3v) is 5.19. The summed E-state index contributed by atoms with van der Waals surface area (Å²) in [4.78, 5) is 25.1. The number of aromatic nitrogens is 2. The van der Waals surface area contributed by atoms with Gasteiger partial charge in [-0.2, -0.15) is 5.10 Å². The fourth-order valence-electron chi connectivity index (χ4n) is 3.16. The fourth-order valence-corrected chi connectivity index (χ4v) is 3.16. The largest absolute Gasteiger partial charge is 0.449 e. The van der Waals surface area contributed by atoms with Gasteiger partial charge in [-0.1, -0.05) is 32.0 Å². The molecule has 3 rings (SSSR count). The van der Waals surface area contributed by atoms with Crippen molar-refractivity contribution in [2.75, 3.05) is 5.32 Å².